The fourth-order valence-electron chi connectivity index (χ4n) is 3.02. The zero-order valence-electron chi connectivity index (χ0n) is 17.0. The minimum Gasteiger partial charge on any atom is -0.480 e. The Morgan fingerprint density at radius 1 is 1.13 bits per heavy atom. The van der Waals surface area contributed by atoms with Crippen molar-refractivity contribution in [1.82, 2.24) is 5.32 Å². The number of amides is 1. The molecule has 7 nitrogen and oxygen atoms in total. The van der Waals surface area contributed by atoms with Crippen LogP contribution in [0.1, 0.15) is 24.5 Å². The maximum absolute atomic E-state index is 12.9. The van der Waals surface area contributed by atoms with Crippen molar-refractivity contribution in [3.05, 3.63) is 65.2 Å². The van der Waals surface area contributed by atoms with E-state index in [1.54, 1.807) is 24.3 Å². The summed E-state index contributed by atoms with van der Waals surface area (Å²) in [7, 11) is 0. The van der Waals surface area contributed by atoms with Gasteiger partial charge in [-0.2, -0.15) is 0 Å². The highest BCUT2D eigenvalue weighted by molar-refractivity contribution is 8.13. The summed E-state index contributed by atoms with van der Waals surface area (Å²) in [6, 6.07) is 13.7. The fourth-order valence-corrected chi connectivity index (χ4v) is 3.59. The third-order valence-corrected chi connectivity index (χ3v) is 5.49. The highest BCUT2D eigenvalue weighted by Crippen LogP contribution is 2.33. The maximum Gasteiger partial charge on any atom is 0.326 e. The Morgan fingerprint density at radius 2 is 1.87 bits per heavy atom. The third kappa shape index (κ3) is 6.62. The molecule has 0 fully saturated rings. The third-order valence-electron chi connectivity index (χ3n) is 4.63. The summed E-state index contributed by atoms with van der Waals surface area (Å²) in [5, 5.41) is 12.0. The largest absolute Gasteiger partial charge is 0.480 e. The van der Waals surface area contributed by atoms with E-state index in [0.29, 0.717) is 29.1 Å². The average Bonchev–Trinajstić information content (AvgIpc) is 3.22. The number of hydrogen-bond acceptors (Lipinski definition) is 6. The smallest absolute Gasteiger partial charge is 0.326 e. The molecule has 0 radical (unpaired) electrons. The molecule has 0 aromatic heterocycles. The van der Waals surface area contributed by atoms with Gasteiger partial charge < -0.3 is 19.9 Å². The number of thioether (sulfide) groups is 1. The van der Waals surface area contributed by atoms with E-state index in [4.69, 9.17) is 9.47 Å². The molecule has 0 saturated carbocycles. The van der Waals surface area contributed by atoms with Gasteiger partial charge in [0.1, 0.15) is 6.04 Å². The van der Waals surface area contributed by atoms with Crippen LogP contribution in [0.15, 0.2) is 54.1 Å². The van der Waals surface area contributed by atoms with Gasteiger partial charge in [0.2, 0.25) is 12.7 Å². The van der Waals surface area contributed by atoms with Gasteiger partial charge in [-0.3, -0.25) is 9.59 Å². The lowest BCUT2D eigenvalue weighted by Gasteiger charge is -2.16. The molecule has 1 aliphatic rings. The molecule has 1 aliphatic heterocycles. The molecule has 0 bridgehead atoms. The second-order valence-electron chi connectivity index (χ2n) is 6.95. The summed E-state index contributed by atoms with van der Waals surface area (Å²) in [5.41, 5.74) is 1.98. The predicted molar refractivity (Wildman–Crippen MR) is 118 cm³/mol. The molecule has 1 atom stereocenters. The monoisotopic (exact) mass is 441 g/mol. The van der Waals surface area contributed by atoms with Crippen LogP contribution >= 0.6 is 11.8 Å². The molecule has 2 N–H and O–H groups in total. The number of carbonyl (C=O) groups excluding carboxylic acids is 2. The second-order valence-corrected chi connectivity index (χ2v) is 8.10. The van der Waals surface area contributed by atoms with E-state index in [1.807, 2.05) is 30.3 Å². The van der Waals surface area contributed by atoms with Crippen LogP contribution in [0.5, 0.6) is 11.5 Å². The summed E-state index contributed by atoms with van der Waals surface area (Å²) in [6.45, 7) is 1.55. The number of benzene rings is 2. The van der Waals surface area contributed by atoms with Crippen LogP contribution in [-0.2, 0) is 20.8 Å². The molecule has 0 aliphatic carbocycles. The van der Waals surface area contributed by atoms with Crippen LogP contribution in [0, 0.1) is 0 Å². The highest BCUT2D eigenvalue weighted by Gasteiger charge is 2.22. The first-order chi connectivity index (χ1) is 14.9. The lowest BCUT2D eigenvalue weighted by atomic mass is 10.0. The lowest BCUT2D eigenvalue weighted by Crippen LogP contribution is -2.42. The topological polar surface area (TPSA) is 102 Å². The molecule has 0 spiro atoms. The number of carbonyl (C=O) groups is 3. The minimum atomic E-state index is -1.11. The zero-order valence-corrected chi connectivity index (χ0v) is 17.8. The van der Waals surface area contributed by atoms with Crippen LogP contribution in [0.3, 0.4) is 0 Å². The SMILES string of the molecule is CC(=O)SC/C(=C/c1ccc2c(c1)OCO2)C(=O)N[C@@H](CCc1ccccc1)C(=O)O. The van der Waals surface area contributed by atoms with Crippen molar-refractivity contribution >= 4 is 34.8 Å². The number of aryl methyl sites for hydroxylation is 1. The van der Waals surface area contributed by atoms with Gasteiger partial charge in [0.15, 0.2) is 16.6 Å². The molecule has 1 heterocycles. The van der Waals surface area contributed by atoms with Crippen molar-refractivity contribution in [2.24, 2.45) is 0 Å². The summed E-state index contributed by atoms with van der Waals surface area (Å²) in [5.74, 6) is -0.314. The van der Waals surface area contributed by atoms with Crippen molar-refractivity contribution in [2.45, 2.75) is 25.8 Å². The summed E-state index contributed by atoms with van der Waals surface area (Å²) in [6.07, 6.45) is 2.40. The van der Waals surface area contributed by atoms with Crippen molar-refractivity contribution in [2.75, 3.05) is 12.5 Å². The van der Waals surface area contributed by atoms with Crippen LogP contribution < -0.4 is 14.8 Å². The van der Waals surface area contributed by atoms with E-state index < -0.39 is 17.9 Å². The van der Waals surface area contributed by atoms with E-state index >= 15 is 0 Å². The molecule has 1 amide bonds. The van der Waals surface area contributed by atoms with E-state index in [1.165, 1.54) is 6.92 Å². The molecule has 31 heavy (non-hydrogen) atoms. The number of rotatable bonds is 9. The molecular formula is C23H23NO6S. The predicted octanol–water partition coefficient (Wildman–Crippen LogP) is 3.28. The van der Waals surface area contributed by atoms with Crippen molar-refractivity contribution in [3.63, 3.8) is 0 Å². The molecular weight excluding hydrogens is 418 g/mol. The quantitative estimate of drug-likeness (QED) is 0.576. The summed E-state index contributed by atoms with van der Waals surface area (Å²) in [4.78, 5) is 36.0. The number of nitrogens with one attached hydrogen (secondary N) is 1. The van der Waals surface area contributed by atoms with Gasteiger partial charge in [0.05, 0.1) is 0 Å². The Labute approximate surface area is 184 Å². The van der Waals surface area contributed by atoms with Gasteiger partial charge in [-0.15, -0.1) is 0 Å². The second kappa shape index (κ2) is 10.7. The minimum absolute atomic E-state index is 0.126. The van der Waals surface area contributed by atoms with E-state index in [0.717, 1.165) is 17.3 Å². The normalized spacial score (nSPS) is 13.5. The Morgan fingerprint density at radius 3 is 2.58 bits per heavy atom. The van der Waals surface area contributed by atoms with Gasteiger partial charge in [0.25, 0.3) is 0 Å². The van der Waals surface area contributed by atoms with Gasteiger partial charge in [0, 0.05) is 18.2 Å². The molecule has 3 rings (SSSR count). The molecule has 0 saturated heterocycles. The Hall–Kier alpha value is -3.26. The maximum atomic E-state index is 12.9. The van der Waals surface area contributed by atoms with Crippen LogP contribution in [0.2, 0.25) is 0 Å². The standard InChI is InChI=1S/C23H23NO6S/c1-15(25)31-13-18(11-17-8-10-20-21(12-17)30-14-29-20)22(26)24-19(23(27)28)9-7-16-5-3-2-4-6-16/h2-6,8,10-12,19H,7,9,13-14H2,1H3,(H,24,26)(H,27,28)/b18-11-/t19-/m0/s1. The number of hydrogen-bond donors (Lipinski definition) is 2. The van der Waals surface area contributed by atoms with Crippen LogP contribution in [-0.4, -0.2) is 40.7 Å². The molecule has 2 aromatic carbocycles. The first-order valence-electron chi connectivity index (χ1n) is 9.73. The van der Waals surface area contributed by atoms with E-state index in [-0.39, 0.29) is 24.1 Å². The number of fused-ring (bicyclic) bond motifs is 1. The zero-order chi connectivity index (χ0) is 22.2. The Bertz CT molecular complexity index is 989. The van der Waals surface area contributed by atoms with Crippen LogP contribution in [0.4, 0.5) is 0 Å². The molecule has 162 valence electrons. The van der Waals surface area contributed by atoms with Crippen LogP contribution in [0.25, 0.3) is 6.08 Å². The Balaban J connectivity index is 1.74. The van der Waals surface area contributed by atoms with E-state index in [2.05, 4.69) is 5.32 Å². The average molecular weight is 442 g/mol. The van der Waals surface area contributed by atoms with Crippen molar-refractivity contribution in [1.29, 1.82) is 0 Å². The summed E-state index contributed by atoms with van der Waals surface area (Å²) < 4.78 is 10.7. The number of ether oxygens (including phenoxy) is 2. The van der Waals surface area contributed by atoms with E-state index in [9.17, 15) is 19.5 Å². The lowest BCUT2D eigenvalue weighted by molar-refractivity contribution is -0.141. The Kier molecular flexibility index (Phi) is 7.72. The van der Waals surface area contributed by atoms with Gasteiger partial charge in [-0.1, -0.05) is 48.2 Å². The first-order valence-corrected chi connectivity index (χ1v) is 10.7. The van der Waals surface area contributed by atoms with Gasteiger partial charge >= 0.3 is 5.97 Å². The van der Waals surface area contributed by atoms with Crippen molar-refractivity contribution in [3.8, 4) is 11.5 Å². The first kappa shape index (κ1) is 22.4. The number of aliphatic carboxylic acids is 1. The van der Waals surface area contributed by atoms with Crippen molar-refractivity contribution < 1.29 is 29.0 Å². The highest BCUT2D eigenvalue weighted by atomic mass is 32.2. The summed E-state index contributed by atoms with van der Waals surface area (Å²) >= 11 is 0.987. The van der Waals surface area contributed by atoms with Gasteiger partial charge in [-0.05, 0) is 42.2 Å². The fraction of sp³-hybridized carbons (Fsp3) is 0.261. The molecule has 2 aromatic rings. The van der Waals surface area contributed by atoms with Gasteiger partial charge in [-0.25, -0.2) is 4.79 Å². The molecule has 8 heteroatoms. The number of carboxylic acid groups (broad SMARTS) is 1. The molecule has 0 unspecified atom stereocenters. The number of carboxylic acids is 1.